The van der Waals surface area contributed by atoms with Crippen LogP contribution in [0.4, 0.5) is 0 Å². The molecule has 3 heterocycles. The summed E-state index contributed by atoms with van der Waals surface area (Å²) in [6.07, 6.45) is -0.309. The van der Waals surface area contributed by atoms with E-state index in [1.54, 1.807) is 12.1 Å². The quantitative estimate of drug-likeness (QED) is 0.701. The lowest BCUT2D eigenvalue weighted by atomic mass is 10.3. The number of carbonyl (C=O) groups excluding carboxylic acids is 1. The summed E-state index contributed by atoms with van der Waals surface area (Å²) in [7, 11) is 0. The Labute approximate surface area is 113 Å². The minimum atomic E-state index is -0.902. The first-order valence-corrected chi connectivity index (χ1v) is 6.09. The van der Waals surface area contributed by atoms with Crippen molar-refractivity contribution in [1.82, 2.24) is 25.1 Å². The predicted octanol–water partition coefficient (Wildman–Crippen LogP) is -1.50. The molecule has 106 valence electrons. The molecule has 0 radical (unpaired) electrons. The van der Waals surface area contributed by atoms with E-state index in [1.807, 2.05) is 0 Å². The number of amides is 1. The van der Waals surface area contributed by atoms with Crippen molar-refractivity contribution in [3.8, 4) is 11.6 Å². The largest absolute Gasteiger partial charge is 0.461 e. The van der Waals surface area contributed by atoms with Crippen LogP contribution >= 0.6 is 0 Å². The first kappa shape index (κ1) is 12.8. The molecule has 1 amide bonds. The fraction of sp³-hybridized carbons (Fsp3) is 0.455. The molecule has 9 nitrogen and oxygen atoms in total. The molecule has 0 unspecified atom stereocenters. The molecule has 2 N–H and O–H groups in total. The third kappa shape index (κ3) is 2.40. The van der Waals surface area contributed by atoms with Crippen molar-refractivity contribution in [2.45, 2.75) is 18.8 Å². The summed E-state index contributed by atoms with van der Waals surface area (Å²) in [5.41, 5.74) is 0. The van der Waals surface area contributed by atoms with Crippen molar-refractivity contribution in [3.05, 3.63) is 18.4 Å². The average molecular weight is 279 g/mol. The number of furan rings is 1. The normalized spacial score (nSPS) is 22.4. The van der Waals surface area contributed by atoms with Gasteiger partial charge in [0.2, 0.25) is 11.7 Å². The molecule has 20 heavy (non-hydrogen) atoms. The van der Waals surface area contributed by atoms with E-state index in [1.165, 1.54) is 11.2 Å². The minimum Gasteiger partial charge on any atom is -0.461 e. The maximum atomic E-state index is 12.0. The summed E-state index contributed by atoms with van der Waals surface area (Å²) in [5.74, 6) is 0.476. The molecule has 1 fully saturated rings. The van der Waals surface area contributed by atoms with Crippen LogP contribution in [-0.4, -0.2) is 66.5 Å². The van der Waals surface area contributed by atoms with Gasteiger partial charge in [-0.25, -0.2) is 0 Å². The first-order chi connectivity index (χ1) is 9.63. The topological polar surface area (TPSA) is 118 Å². The SMILES string of the molecule is O=C(Cn1nnc(-c2ccco2)n1)N1C[C@@H](O)[C@@H](O)C1. The number of β-amino-alcohol motifs (C(OH)–C–C–N with tert-alkyl or cyclic N) is 2. The van der Waals surface area contributed by atoms with Gasteiger partial charge in [0.15, 0.2) is 5.76 Å². The second-order valence-electron chi connectivity index (χ2n) is 4.55. The number of hydrogen-bond donors (Lipinski definition) is 2. The number of rotatable bonds is 3. The Morgan fingerprint density at radius 3 is 2.80 bits per heavy atom. The van der Waals surface area contributed by atoms with Crippen molar-refractivity contribution >= 4 is 5.91 Å². The number of nitrogens with zero attached hydrogens (tertiary/aromatic N) is 5. The van der Waals surface area contributed by atoms with Crippen LogP contribution in [0, 0.1) is 0 Å². The Balaban J connectivity index is 1.65. The monoisotopic (exact) mass is 279 g/mol. The molecule has 9 heteroatoms. The van der Waals surface area contributed by atoms with Crippen molar-refractivity contribution in [2.75, 3.05) is 13.1 Å². The van der Waals surface area contributed by atoms with Gasteiger partial charge in [-0.1, -0.05) is 0 Å². The van der Waals surface area contributed by atoms with Gasteiger partial charge in [-0.15, -0.1) is 10.2 Å². The molecule has 0 saturated carbocycles. The van der Waals surface area contributed by atoms with Crippen molar-refractivity contribution < 1.29 is 19.4 Å². The van der Waals surface area contributed by atoms with Crippen molar-refractivity contribution in [1.29, 1.82) is 0 Å². The number of tetrazole rings is 1. The summed E-state index contributed by atoms with van der Waals surface area (Å²) in [5, 5.41) is 30.4. The summed E-state index contributed by atoms with van der Waals surface area (Å²) < 4.78 is 5.13. The Morgan fingerprint density at radius 2 is 2.15 bits per heavy atom. The molecule has 1 saturated heterocycles. The van der Waals surface area contributed by atoms with E-state index >= 15 is 0 Å². The first-order valence-electron chi connectivity index (χ1n) is 6.09. The summed E-state index contributed by atoms with van der Waals surface area (Å²) >= 11 is 0. The number of hydrogen-bond acceptors (Lipinski definition) is 7. The molecular weight excluding hydrogens is 266 g/mol. The van der Waals surface area contributed by atoms with Crippen LogP contribution in [0.5, 0.6) is 0 Å². The summed E-state index contributed by atoms with van der Waals surface area (Å²) in [6.45, 7) is 0.118. The van der Waals surface area contributed by atoms with E-state index in [9.17, 15) is 15.0 Å². The van der Waals surface area contributed by atoms with Gasteiger partial charge in [-0.05, 0) is 17.3 Å². The standard InChI is InChI=1S/C11H13N5O4/c17-7-4-15(5-8(7)18)10(19)6-16-13-11(12-14-16)9-2-1-3-20-9/h1-3,7-8,17-18H,4-6H2/t7-,8+. The Morgan fingerprint density at radius 1 is 1.40 bits per heavy atom. The lowest BCUT2D eigenvalue weighted by molar-refractivity contribution is -0.131. The molecular formula is C11H13N5O4. The van der Waals surface area contributed by atoms with Crippen LogP contribution in [-0.2, 0) is 11.3 Å². The smallest absolute Gasteiger partial charge is 0.246 e. The molecule has 3 rings (SSSR count). The highest BCUT2D eigenvalue weighted by Crippen LogP contribution is 2.13. The molecule has 0 bridgehead atoms. The molecule has 0 aliphatic carbocycles. The van der Waals surface area contributed by atoms with Crippen LogP contribution in [0.3, 0.4) is 0 Å². The highest BCUT2D eigenvalue weighted by molar-refractivity contribution is 5.76. The Hall–Kier alpha value is -2.26. The average Bonchev–Trinajstić information content (AvgIpc) is 3.11. The van der Waals surface area contributed by atoms with Gasteiger partial charge in [-0.3, -0.25) is 4.79 Å². The van der Waals surface area contributed by atoms with E-state index in [0.29, 0.717) is 11.6 Å². The number of aromatic nitrogens is 4. The zero-order valence-corrected chi connectivity index (χ0v) is 10.5. The van der Waals surface area contributed by atoms with E-state index in [2.05, 4.69) is 15.4 Å². The second-order valence-corrected chi connectivity index (χ2v) is 4.55. The van der Waals surface area contributed by atoms with Crippen LogP contribution < -0.4 is 0 Å². The number of aliphatic hydroxyl groups excluding tert-OH is 2. The maximum absolute atomic E-state index is 12.0. The number of carbonyl (C=O) groups is 1. The lowest BCUT2D eigenvalue weighted by Crippen LogP contribution is -2.33. The Kier molecular flexibility index (Phi) is 3.20. The van der Waals surface area contributed by atoms with E-state index < -0.39 is 12.2 Å². The van der Waals surface area contributed by atoms with Crippen LogP contribution in [0.2, 0.25) is 0 Å². The minimum absolute atomic E-state index is 0.104. The Bertz CT molecular complexity index is 586. The fourth-order valence-electron chi connectivity index (χ4n) is 2.01. The van der Waals surface area contributed by atoms with Crippen LogP contribution in [0.25, 0.3) is 11.6 Å². The summed E-state index contributed by atoms with van der Waals surface area (Å²) in [6, 6.07) is 3.39. The highest BCUT2D eigenvalue weighted by Gasteiger charge is 2.32. The summed E-state index contributed by atoms with van der Waals surface area (Å²) in [4.78, 5) is 14.5. The predicted molar refractivity (Wildman–Crippen MR) is 64.1 cm³/mol. The number of likely N-dealkylation sites (tertiary alicyclic amines) is 1. The van der Waals surface area contributed by atoms with Crippen LogP contribution in [0.15, 0.2) is 22.8 Å². The second kappa shape index (κ2) is 5.02. The van der Waals surface area contributed by atoms with Gasteiger partial charge in [0.1, 0.15) is 6.54 Å². The zero-order valence-electron chi connectivity index (χ0n) is 10.5. The zero-order chi connectivity index (χ0) is 14.1. The van der Waals surface area contributed by atoms with Gasteiger partial charge in [0.25, 0.3) is 0 Å². The third-order valence-electron chi connectivity index (χ3n) is 3.08. The van der Waals surface area contributed by atoms with E-state index in [-0.39, 0.29) is 25.5 Å². The van der Waals surface area contributed by atoms with Gasteiger partial charge in [0.05, 0.1) is 18.5 Å². The van der Waals surface area contributed by atoms with Gasteiger partial charge < -0.3 is 19.5 Å². The van der Waals surface area contributed by atoms with Crippen molar-refractivity contribution in [3.63, 3.8) is 0 Å². The van der Waals surface area contributed by atoms with Crippen molar-refractivity contribution in [2.24, 2.45) is 0 Å². The van der Waals surface area contributed by atoms with Gasteiger partial charge in [-0.2, -0.15) is 4.80 Å². The van der Waals surface area contributed by atoms with Gasteiger partial charge >= 0.3 is 0 Å². The van der Waals surface area contributed by atoms with E-state index in [4.69, 9.17) is 4.42 Å². The van der Waals surface area contributed by atoms with Gasteiger partial charge in [0, 0.05) is 13.1 Å². The molecule has 2 atom stereocenters. The molecule has 0 spiro atoms. The van der Waals surface area contributed by atoms with Crippen LogP contribution in [0.1, 0.15) is 0 Å². The maximum Gasteiger partial charge on any atom is 0.246 e. The molecule has 1 aliphatic rings. The molecule has 0 aromatic carbocycles. The van der Waals surface area contributed by atoms with E-state index in [0.717, 1.165) is 4.80 Å². The highest BCUT2D eigenvalue weighted by atomic mass is 16.3. The fourth-order valence-corrected chi connectivity index (χ4v) is 2.01. The number of aliphatic hydroxyl groups is 2. The molecule has 2 aromatic rings. The third-order valence-corrected chi connectivity index (χ3v) is 3.08. The molecule has 1 aliphatic heterocycles. The lowest BCUT2D eigenvalue weighted by Gasteiger charge is -2.14. The molecule has 2 aromatic heterocycles.